The van der Waals surface area contributed by atoms with E-state index in [1.54, 1.807) is 22.9 Å². The van der Waals surface area contributed by atoms with Crippen LogP contribution in [0.4, 0.5) is 0 Å². The van der Waals surface area contributed by atoms with Crippen molar-refractivity contribution in [2.24, 2.45) is 0 Å². The van der Waals surface area contributed by atoms with Crippen molar-refractivity contribution < 1.29 is 0 Å². The number of nitrogens with one attached hydrogen (secondary N) is 1. The molecule has 0 spiro atoms. The highest BCUT2D eigenvalue weighted by atomic mass is 16.1. The lowest BCUT2D eigenvalue weighted by molar-refractivity contribution is 0.579. The summed E-state index contributed by atoms with van der Waals surface area (Å²) < 4.78 is 1.66. The first kappa shape index (κ1) is 18.5. The minimum Gasteiger partial charge on any atom is -0.341 e. The molecule has 6 nitrogen and oxygen atoms in total. The zero-order chi connectivity index (χ0) is 20.8. The molecule has 0 unspecified atom stereocenters. The molecule has 1 fully saturated rings. The van der Waals surface area contributed by atoms with E-state index >= 15 is 0 Å². The average Bonchev–Trinajstić information content (AvgIpc) is 3.59. The van der Waals surface area contributed by atoms with Crippen LogP contribution in [0.15, 0.2) is 64.3 Å². The Morgan fingerprint density at radius 1 is 0.967 bits per heavy atom. The monoisotopic (exact) mass is 398 g/mol. The smallest absolute Gasteiger partial charge is 0.250 e. The van der Waals surface area contributed by atoms with Gasteiger partial charge in [0, 0.05) is 41.2 Å². The number of aromatic amines is 1. The minimum atomic E-state index is -0.129. The molecule has 1 saturated carbocycles. The maximum absolute atomic E-state index is 12.8. The van der Waals surface area contributed by atoms with Gasteiger partial charge < -0.3 is 9.55 Å². The van der Waals surface area contributed by atoms with Crippen molar-refractivity contribution in [1.82, 2.24) is 19.5 Å². The van der Waals surface area contributed by atoms with Crippen molar-refractivity contribution in [2.45, 2.75) is 38.6 Å². The molecule has 4 aromatic rings. The number of aromatic nitrogens is 4. The molecule has 0 amide bonds. The normalized spacial score (nSPS) is 13.8. The van der Waals surface area contributed by atoms with E-state index in [1.165, 1.54) is 6.07 Å². The Labute approximate surface area is 173 Å². The molecular formula is C24H22N4O2. The van der Waals surface area contributed by atoms with Gasteiger partial charge in [0.25, 0.3) is 5.56 Å². The molecule has 3 heterocycles. The van der Waals surface area contributed by atoms with Crippen LogP contribution in [0.25, 0.3) is 33.7 Å². The molecule has 0 saturated heterocycles. The van der Waals surface area contributed by atoms with Gasteiger partial charge in [-0.2, -0.15) is 0 Å². The molecule has 0 atom stereocenters. The predicted molar refractivity (Wildman–Crippen MR) is 118 cm³/mol. The third kappa shape index (κ3) is 3.24. The summed E-state index contributed by atoms with van der Waals surface area (Å²) in [6.45, 7) is 3.92. The van der Waals surface area contributed by atoms with Gasteiger partial charge in [-0.1, -0.05) is 30.3 Å². The summed E-state index contributed by atoms with van der Waals surface area (Å²) in [5, 5.41) is 0. The number of H-pyrrole nitrogens is 1. The third-order valence-electron chi connectivity index (χ3n) is 5.51. The standard InChI is InChI=1S/C24H22N4O2/c1-14(2)28-13-17(10-11-20(28)30)22-21(16-6-4-3-5-7-16)27-24-23(26-22)19(29)12-18(25-24)15-8-9-15/h3-7,10-15H,8-9H2,1-2H3,(H,25,27,29). The highest BCUT2D eigenvalue weighted by molar-refractivity contribution is 5.84. The lowest BCUT2D eigenvalue weighted by Crippen LogP contribution is -2.20. The van der Waals surface area contributed by atoms with Crippen molar-refractivity contribution in [3.05, 3.63) is 81.0 Å². The van der Waals surface area contributed by atoms with Gasteiger partial charge in [-0.3, -0.25) is 9.59 Å². The minimum absolute atomic E-state index is 0.00976. The van der Waals surface area contributed by atoms with Crippen LogP contribution >= 0.6 is 0 Å². The number of nitrogens with zero attached hydrogens (tertiary/aromatic N) is 3. The van der Waals surface area contributed by atoms with Gasteiger partial charge in [0.05, 0.1) is 11.4 Å². The molecule has 6 heteroatoms. The van der Waals surface area contributed by atoms with Gasteiger partial charge in [0.15, 0.2) is 11.2 Å². The van der Waals surface area contributed by atoms with Crippen LogP contribution in [0.5, 0.6) is 0 Å². The summed E-state index contributed by atoms with van der Waals surface area (Å²) in [7, 11) is 0. The fraction of sp³-hybridized carbons (Fsp3) is 0.250. The molecule has 1 N–H and O–H groups in total. The number of fused-ring (bicyclic) bond motifs is 1. The SMILES string of the molecule is CC(C)n1cc(-c2nc3c(=O)cc(C4CC4)[nH]c3nc2-c2ccccc2)ccc1=O. The summed E-state index contributed by atoms with van der Waals surface area (Å²) >= 11 is 0. The first-order chi connectivity index (χ1) is 14.5. The van der Waals surface area contributed by atoms with Crippen molar-refractivity contribution in [2.75, 3.05) is 0 Å². The lowest BCUT2D eigenvalue weighted by Gasteiger charge is -2.14. The lowest BCUT2D eigenvalue weighted by atomic mass is 10.0. The van der Waals surface area contributed by atoms with Crippen LogP contribution in [0.2, 0.25) is 0 Å². The summed E-state index contributed by atoms with van der Waals surface area (Å²) in [5.74, 6) is 0.415. The predicted octanol–water partition coefficient (Wildman–Crippen LogP) is 4.27. The van der Waals surface area contributed by atoms with Crippen molar-refractivity contribution in [3.8, 4) is 22.5 Å². The zero-order valence-electron chi connectivity index (χ0n) is 16.9. The number of rotatable bonds is 4. The quantitative estimate of drug-likeness (QED) is 0.557. The highest BCUT2D eigenvalue weighted by Crippen LogP contribution is 2.39. The van der Waals surface area contributed by atoms with Crippen LogP contribution in [-0.4, -0.2) is 19.5 Å². The Morgan fingerprint density at radius 2 is 1.70 bits per heavy atom. The molecule has 0 aliphatic heterocycles. The number of hydrogen-bond acceptors (Lipinski definition) is 4. The second-order valence-corrected chi connectivity index (χ2v) is 8.10. The first-order valence-corrected chi connectivity index (χ1v) is 10.2. The van der Waals surface area contributed by atoms with Crippen LogP contribution < -0.4 is 11.0 Å². The van der Waals surface area contributed by atoms with Gasteiger partial charge >= 0.3 is 0 Å². The molecule has 5 rings (SSSR count). The summed E-state index contributed by atoms with van der Waals surface area (Å²) in [6, 6.07) is 14.7. The van der Waals surface area contributed by atoms with Gasteiger partial charge in [0.1, 0.15) is 0 Å². The van der Waals surface area contributed by atoms with Gasteiger partial charge in [-0.05, 0) is 38.7 Å². The molecule has 0 radical (unpaired) electrons. The topological polar surface area (TPSA) is 80.6 Å². The second-order valence-electron chi connectivity index (χ2n) is 8.10. The van der Waals surface area contributed by atoms with E-state index in [0.29, 0.717) is 28.5 Å². The Balaban J connectivity index is 1.81. The van der Waals surface area contributed by atoms with Crippen LogP contribution in [0, 0.1) is 0 Å². The number of benzene rings is 1. The first-order valence-electron chi connectivity index (χ1n) is 10.2. The van der Waals surface area contributed by atoms with E-state index in [9.17, 15) is 9.59 Å². The molecule has 3 aromatic heterocycles. The van der Waals surface area contributed by atoms with Gasteiger partial charge in [-0.15, -0.1) is 0 Å². The van der Waals surface area contributed by atoms with Gasteiger partial charge in [0.2, 0.25) is 5.43 Å². The van der Waals surface area contributed by atoms with Crippen molar-refractivity contribution >= 4 is 11.2 Å². The third-order valence-corrected chi connectivity index (χ3v) is 5.51. The molecule has 1 aliphatic carbocycles. The largest absolute Gasteiger partial charge is 0.341 e. The molecule has 1 aliphatic rings. The van der Waals surface area contributed by atoms with E-state index in [1.807, 2.05) is 44.2 Å². The Kier molecular flexibility index (Phi) is 4.35. The maximum atomic E-state index is 12.8. The Morgan fingerprint density at radius 3 is 2.40 bits per heavy atom. The van der Waals surface area contributed by atoms with E-state index in [2.05, 4.69) is 4.98 Å². The van der Waals surface area contributed by atoms with E-state index < -0.39 is 0 Å². The zero-order valence-corrected chi connectivity index (χ0v) is 16.9. The molecular weight excluding hydrogens is 376 g/mol. The molecule has 1 aromatic carbocycles. The van der Waals surface area contributed by atoms with E-state index in [0.717, 1.165) is 29.7 Å². The van der Waals surface area contributed by atoms with Crippen molar-refractivity contribution in [1.29, 1.82) is 0 Å². The molecule has 150 valence electrons. The maximum Gasteiger partial charge on any atom is 0.250 e. The molecule has 0 bridgehead atoms. The van der Waals surface area contributed by atoms with Crippen LogP contribution in [-0.2, 0) is 0 Å². The van der Waals surface area contributed by atoms with Crippen LogP contribution in [0.3, 0.4) is 0 Å². The highest BCUT2D eigenvalue weighted by Gasteiger charge is 2.26. The number of hydrogen-bond donors (Lipinski definition) is 1. The van der Waals surface area contributed by atoms with Crippen molar-refractivity contribution in [3.63, 3.8) is 0 Å². The second kappa shape index (κ2) is 7.06. The summed E-state index contributed by atoms with van der Waals surface area (Å²) in [6.07, 6.45) is 3.98. The van der Waals surface area contributed by atoms with Crippen LogP contribution in [0.1, 0.15) is 44.3 Å². The van der Waals surface area contributed by atoms with E-state index in [4.69, 9.17) is 9.97 Å². The van der Waals surface area contributed by atoms with E-state index in [-0.39, 0.29) is 17.0 Å². The fourth-order valence-corrected chi connectivity index (χ4v) is 3.74. The Hall–Kier alpha value is -3.54. The average molecular weight is 398 g/mol. The fourth-order valence-electron chi connectivity index (χ4n) is 3.74. The Bertz CT molecular complexity index is 1370. The van der Waals surface area contributed by atoms with Gasteiger partial charge in [-0.25, -0.2) is 9.97 Å². The number of pyridine rings is 2. The summed E-state index contributed by atoms with van der Waals surface area (Å²) in [4.78, 5) is 38.0. The molecule has 30 heavy (non-hydrogen) atoms. The summed E-state index contributed by atoms with van der Waals surface area (Å²) in [5.41, 5.74) is 4.48.